The van der Waals surface area contributed by atoms with Crippen molar-refractivity contribution in [1.29, 1.82) is 0 Å². The van der Waals surface area contributed by atoms with Crippen molar-refractivity contribution in [3.05, 3.63) is 23.3 Å². The lowest BCUT2D eigenvalue weighted by Gasteiger charge is -2.53. The van der Waals surface area contributed by atoms with Crippen molar-refractivity contribution in [2.45, 2.75) is 82.7 Å². The Balaban J connectivity index is 1.87. The summed E-state index contributed by atoms with van der Waals surface area (Å²) < 4.78 is 12.2. The van der Waals surface area contributed by atoms with Crippen LogP contribution in [0.5, 0.6) is 0 Å². The molecule has 8 atom stereocenters. The highest BCUT2D eigenvalue weighted by Gasteiger charge is 2.87. The average molecular weight is 574 g/mol. The normalized spacial score (nSPS) is 40.7. The van der Waals surface area contributed by atoms with E-state index >= 15 is 0 Å². The molecule has 0 aromatic heterocycles. The topological polar surface area (TPSA) is 130 Å². The minimum absolute atomic E-state index is 0.0510. The Bertz CT molecular complexity index is 1070. The van der Waals surface area contributed by atoms with E-state index in [1.54, 1.807) is 26.0 Å². The molecule has 212 valence electrons. The number of fused-ring (bicyclic) bond motifs is 5. The van der Waals surface area contributed by atoms with E-state index in [1.807, 2.05) is 13.8 Å². The van der Waals surface area contributed by atoms with E-state index in [2.05, 4.69) is 0 Å². The molecule has 0 aromatic carbocycles. The van der Waals surface area contributed by atoms with E-state index in [-0.39, 0.29) is 31.0 Å². The lowest BCUT2D eigenvalue weighted by Crippen LogP contribution is -2.66. The van der Waals surface area contributed by atoms with Gasteiger partial charge in [-0.2, -0.15) is 0 Å². The summed E-state index contributed by atoms with van der Waals surface area (Å²) in [7, 11) is 0. The fourth-order valence-corrected chi connectivity index (χ4v) is 7.95. The first-order valence-electron chi connectivity index (χ1n) is 13.3. The van der Waals surface area contributed by atoms with E-state index in [4.69, 9.17) is 32.7 Å². The molecular formula is C28H38Cl2O8. The molecule has 0 aromatic rings. The first kappa shape index (κ1) is 29.5. The number of carbonyl (C=O) groups is 3. The number of carbonyl (C=O) groups excluding carboxylic acids is 3. The van der Waals surface area contributed by atoms with Gasteiger partial charge in [0.15, 0.2) is 11.4 Å². The molecule has 4 rings (SSSR count). The molecule has 0 heterocycles. The second kappa shape index (κ2) is 10.2. The van der Waals surface area contributed by atoms with Gasteiger partial charge in [0.25, 0.3) is 0 Å². The number of rotatable bonds is 9. The van der Waals surface area contributed by atoms with Gasteiger partial charge in [-0.05, 0) is 30.9 Å². The second-order valence-corrected chi connectivity index (χ2v) is 12.7. The Morgan fingerprint density at radius 1 is 1.08 bits per heavy atom. The maximum Gasteiger partial charge on any atom is 0.306 e. The van der Waals surface area contributed by atoms with E-state index in [0.29, 0.717) is 24.0 Å². The zero-order valence-electron chi connectivity index (χ0n) is 22.3. The van der Waals surface area contributed by atoms with Crippen LogP contribution in [0, 0.1) is 29.1 Å². The molecule has 4 aliphatic rings. The van der Waals surface area contributed by atoms with Crippen LogP contribution in [-0.4, -0.2) is 74.3 Å². The van der Waals surface area contributed by atoms with E-state index in [1.165, 1.54) is 0 Å². The Kier molecular flexibility index (Phi) is 7.91. The average Bonchev–Trinajstić information content (AvgIpc) is 3.29. The number of ether oxygens (including phenoxy) is 2. The quantitative estimate of drug-likeness (QED) is 0.218. The molecule has 0 bridgehead atoms. The summed E-state index contributed by atoms with van der Waals surface area (Å²) >= 11 is 11.6. The minimum Gasteiger partial charge on any atom is -0.458 e. The maximum atomic E-state index is 13.2. The lowest BCUT2D eigenvalue weighted by atomic mass is 9.59. The SMILES string of the molecule is CC1=C[C@H]2[C@@]3(O)[C@H](C)[C@@H](OC(=O)CCCCl)[C@]4(OC(=O)CCCCl)[C@H]([C@@H]3C=C(CO)C[C@]2(O)C1=O)C4(C)C. The Morgan fingerprint density at radius 2 is 1.68 bits per heavy atom. The molecule has 4 aliphatic carbocycles. The largest absolute Gasteiger partial charge is 0.458 e. The number of alkyl halides is 2. The third-order valence-corrected chi connectivity index (χ3v) is 10.1. The molecule has 0 spiro atoms. The zero-order valence-corrected chi connectivity index (χ0v) is 23.8. The Labute approximate surface area is 233 Å². The van der Waals surface area contributed by atoms with E-state index in [0.717, 1.165) is 0 Å². The maximum absolute atomic E-state index is 13.2. The van der Waals surface area contributed by atoms with E-state index < -0.39 is 76.3 Å². The third-order valence-electron chi connectivity index (χ3n) is 9.53. The number of ketones is 1. The molecule has 0 aliphatic heterocycles. The molecule has 0 radical (unpaired) electrons. The van der Waals surface area contributed by atoms with Gasteiger partial charge in [0.2, 0.25) is 0 Å². The molecule has 3 N–H and O–H groups in total. The standard InChI is InChI=1S/C28H38Cl2O8/c1-15-11-19-26(35,23(15)34)13-17(14-31)12-18-22-25(3,4)28(22,38-21(33)8-6-10-30)24(16(2)27(18,19)36)37-20(32)7-5-9-29/h11-12,16,18-19,22,24,31,35-36H,5-10,13-14H2,1-4H3/t16-,18+,19-,22-,24-,26-,27-,28-/m1/s1. The number of aliphatic hydroxyl groups is 3. The van der Waals surface area contributed by atoms with Gasteiger partial charge in [-0.15, -0.1) is 23.2 Å². The van der Waals surface area contributed by atoms with Gasteiger partial charge < -0.3 is 24.8 Å². The minimum atomic E-state index is -1.96. The van der Waals surface area contributed by atoms with Crippen LogP contribution in [-0.2, 0) is 23.9 Å². The molecule has 2 saturated carbocycles. The summed E-state index contributed by atoms with van der Waals surface area (Å²) in [5.74, 6) is -4.07. The molecule has 0 unspecified atom stereocenters. The summed E-state index contributed by atoms with van der Waals surface area (Å²) in [4.78, 5) is 39.1. The van der Waals surface area contributed by atoms with Crippen LogP contribution < -0.4 is 0 Å². The van der Waals surface area contributed by atoms with Crippen LogP contribution in [0.15, 0.2) is 23.3 Å². The van der Waals surface area contributed by atoms with Crippen molar-refractivity contribution in [1.82, 2.24) is 0 Å². The van der Waals surface area contributed by atoms with Gasteiger partial charge in [0.1, 0.15) is 11.7 Å². The molecule has 8 nitrogen and oxygen atoms in total. The fraction of sp³-hybridized carbons (Fsp3) is 0.750. The molecule has 38 heavy (non-hydrogen) atoms. The Morgan fingerprint density at radius 3 is 2.26 bits per heavy atom. The molecular weight excluding hydrogens is 535 g/mol. The number of hydrogen-bond acceptors (Lipinski definition) is 8. The van der Waals surface area contributed by atoms with Crippen LogP contribution in [0.4, 0.5) is 0 Å². The van der Waals surface area contributed by atoms with Gasteiger partial charge in [-0.3, -0.25) is 14.4 Å². The summed E-state index contributed by atoms with van der Waals surface area (Å²) in [5.41, 5.74) is -4.97. The van der Waals surface area contributed by atoms with Crippen LogP contribution >= 0.6 is 23.2 Å². The van der Waals surface area contributed by atoms with Crippen molar-refractivity contribution in [3.8, 4) is 0 Å². The number of halogens is 2. The highest BCUT2D eigenvalue weighted by atomic mass is 35.5. The van der Waals surface area contributed by atoms with E-state index in [9.17, 15) is 29.7 Å². The monoisotopic (exact) mass is 572 g/mol. The first-order chi connectivity index (χ1) is 17.8. The number of Topliss-reactive ketones (excluding diaryl/α,β-unsaturated/α-hetero) is 1. The molecule has 10 heteroatoms. The van der Waals surface area contributed by atoms with Crippen LogP contribution in [0.25, 0.3) is 0 Å². The van der Waals surface area contributed by atoms with Crippen molar-refractivity contribution in [2.24, 2.45) is 29.1 Å². The third kappa shape index (κ3) is 4.09. The van der Waals surface area contributed by atoms with Gasteiger partial charge in [-0.1, -0.05) is 32.9 Å². The van der Waals surface area contributed by atoms with Crippen LogP contribution in [0.3, 0.4) is 0 Å². The number of aliphatic hydroxyl groups excluding tert-OH is 1. The summed E-state index contributed by atoms with van der Waals surface area (Å²) in [6.07, 6.45) is 3.09. The van der Waals surface area contributed by atoms with Crippen LogP contribution in [0.1, 0.15) is 59.8 Å². The van der Waals surface area contributed by atoms with Crippen molar-refractivity contribution >= 4 is 40.9 Å². The predicted octanol–water partition coefficient (Wildman–Crippen LogP) is 3.07. The summed E-state index contributed by atoms with van der Waals surface area (Å²) in [5, 5.41) is 34.6. The molecule has 0 saturated heterocycles. The van der Waals surface area contributed by atoms with Gasteiger partial charge >= 0.3 is 11.9 Å². The van der Waals surface area contributed by atoms with Gasteiger partial charge in [-0.25, -0.2) is 0 Å². The van der Waals surface area contributed by atoms with Crippen molar-refractivity contribution in [2.75, 3.05) is 18.4 Å². The lowest BCUT2D eigenvalue weighted by molar-refractivity contribution is -0.229. The fourth-order valence-electron chi connectivity index (χ4n) is 7.69. The van der Waals surface area contributed by atoms with Crippen molar-refractivity contribution < 1.29 is 39.2 Å². The van der Waals surface area contributed by atoms with Gasteiger partial charge in [0.05, 0.1) is 12.2 Å². The van der Waals surface area contributed by atoms with Gasteiger partial charge in [0, 0.05) is 60.1 Å². The second-order valence-electron chi connectivity index (χ2n) is 11.9. The molecule has 2 fully saturated rings. The highest BCUT2D eigenvalue weighted by molar-refractivity contribution is 6.18. The Hall–Kier alpha value is -1.45. The number of esters is 2. The summed E-state index contributed by atoms with van der Waals surface area (Å²) in [6, 6.07) is 0. The highest BCUT2D eigenvalue weighted by Crippen LogP contribution is 2.77. The van der Waals surface area contributed by atoms with Crippen molar-refractivity contribution in [3.63, 3.8) is 0 Å². The first-order valence-corrected chi connectivity index (χ1v) is 14.4. The smallest absolute Gasteiger partial charge is 0.306 e. The van der Waals surface area contributed by atoms with Crippen LogP contribution in [0.2, 0.25) is 0 Å². The zero-order chi connectivity index (χ0) is 28.3. The summed E-state index contributed by atoms with van der Waals surface area (Å²) in [6.45, 7) is 6.69. The molecule has 0 amide bonds. The predicted molar refractivity (Wildman–Crippen MR) is 140 cm³/mol. The number of hydrogen-bond donors (Lipinski definition) is 3.